The molecule has 3 fully saturated rings. The van der Waals surface area contributed by atoms with Crippen LogP contribution in [0.4, 0.5) is 0 Å². The largest absolute Gasteiger partial charge is 0.379 e. The van der Waals surface area contributed by atoms with Crippen LogP contribution in [0.5, 0.6) is 0 Å². The summed E-state index contributed by atoms with van der Waals surface area (Å²) >= 11 is 1.95. The van der Waals surface area contributed by atoms with Crippen LogP contribution < -0.4 is 5.32 Å². The molecule has 1 aromatic carbocycles. The van der Waals surface area contributed by atoms with Gasteiger partial charge in [-0.3, -0.25) is 14.6 Å². The van der Waals surface area contributed by atoms with Crippen LogP contribution in [0, 0.1) is 0 Å². The number of rotatable bonds is 6. The number of carbonyl (C=O) groups is 1. The molecule has 1 N–H and O–H groups in total. The zero-order chi connectivity index (χ0) is 21.0. The van der Waals surface area contributed by atoms with Crippen molar-refractivity contribution < 1.29 is 17.9 Å². The number of hydrogen-bond donors (Lipinski definition) is 1. The number of ether oxygens (including phenoxy) is 1. The Kier molecular flexibility index (Phi) is 7.04. The van der Waals surface area contributed by atoms with E-state index >= 15 is 0 Å². The Balaban J connectivity index is 1.49. The van der Waals surface area contributed by atoms with Gasteiger partial charge in [-0.2, -0.15) is 11.8 Å². The highest BCUT2D eigenvalue weighted by Gasteiger charge is 2.42. The van der Waals surface area contributed by atoms with Crippen LogP contribution in [-0.4, -0.2) is 98.6 Å². The Bertz CT molecular complexity index is 808. The SMILES string of the molecule is O=C(NCC1(N2CCOCC2)CCSC1)C(c1ccccc1)N1CCS(=O)(=O)CC1. The van der Waals surface area contributed by atoms with E-state index in [9.17, 15) is 13.2 Å². The average Bonchev–Trinajstić information content (AvgIpc) is 3.25. The Hall–Kier alpha value is -1.13. The van der Waals surface area contributed by atoms with Gasteiger partial charge in [-0.25, -0.2) is 8.42 Å². The van der Waals surface area contributed by atoms with Gasteiger partial charge >= 0.3 is 0 Å². The molecule has 2 atom stereocenters. The molecule has 0 aliphatic carbocycles. The quantitative estimate of drug-likeness (QED) is 0.682. The maximum atomic E-state index is 13.4. The van der Waals surface area contributed by atoms with Crippen molar-refractivity contribution in [2.75, 3.05) is 68.9 Å². The molecule has 2 unspecified atom stereocenters. The molecule has 3 saturated heterocycles. The Morgan fingerprint density at radius 1 is 1.13 bits per heavy atom. The Morgan fingerprint density at radius 3 is 2.47 bits per heavy atom. The minimum Gasteiger partial charge on any atom is -0.379 e. The zero-order valence-electron chi connectivity index (χ0n) is 17.3. The van der Waals surface area contributed by atoms with E-state index in [1.807, 2.05) is 47.0 Å². The molecule has 0 bridgehead atoms. The van der Waals surface area contributed by atoms with Crippen molar-refractivity contribution in [3.8, 4) is 0 Å². The molecule has 4 rings (SSSR count). The molecule has 1 aromatic rings. The number of hydrogen-bond acceptors (Lipinski definition) is 7. The van der Waals surface area contributed by atoms with Gasteiger partial charge in [-0.1, -0.05) is 30.3 Å². The van der Waals surface area contributed by atoms with Crippen molar-refractivity contribution in [3.63, 3.8) is 0 Å². The van der Waals surface area contributed by atoms with E-state index in [-0.39, 0.29) is 23.0 Å². The third kappa shape index (κ3) is 5.02. The number of carbonyl (C=O) groups excluding carboxylic acids is 1. The monoisotopic (exact) mass is 453 g/mol. The van der Waals surface area contributed by atoms with Gasteiger partial charge in [0.2, 0.25) is 5.91 Å². The van der Waals surface area contributed by atoms with E-state index in [4.69, 9.17) is 4.74 Å². The first-order valence-electron chi connectivity index (χ1n) is 10.7. The second kappa shape index (κ2) is 9.56. The summed E-state index contributed by atoms with van der Waals surface area (Å²) in [6.07, 6.45) is 1.07. The van der Waals surface area contributed by atoms with Crippen LogP contribution in [0.25, 0.3) is 0 Å². The summed E-state index contributed by atoms with van der Waals surface area (Å²) in [5.41, 5.74) is 0.895. The minimum absolute atomic E-state index is 0.0173. The smallest absolute Gasteiger partial charge is 0.242 e. The number of benzene rings is 1. The Labute approximate surface area is 183 Å². The van der Waals surface area contributed by atoms with E-state index < -0.39 is 15.9 Å². The lowest BCUT2D eigenvalue weighted by molar-refractivity contribution is -0.127. The van der Waals surface area contributed by atoms with E-state index in [0.29, 0.717) is 19.6 Å². The van der Waals surface area contributed by atoms with Gasteiger partial charge in [0.1, 0.15) is 6.04 Å². The summed E-state index contributed by atoms with van der Waals surface area (Å²) in [7, 11) is -3.00. The first-order chi connectivity index (χ1) is 14.5. The van der Waals surface area contributed by atoms with E-state index in [0.717, 1.165) is 49.8 Å². The number of thioether (sulfide) groups is 1. The number of nitrogens with one attached hydrogen (secondary N) is 1. The molecule has 3 aliphatic rings. The maximum absolute atomic E-state index is 13.4. The molecule has 0 saturated carbocycles. The van der Waals surface area contributed by atoms with E-state index in [2.05, 4.69) is 10.2 Å². The summed E-state index contributed by atoms with van der Waals surface area (Å²) < 4.78 is 29.3. The lowest BCUT2D eigenvalue weighted by Crippen LogP contribution is -2.60. The third-order valence-electron chi connectivity index (χ3n) is 6.46. The maximum Gasteiger partial charge on any atom is 0.242 e. The van der Waals surface area contributed by atoms with Crippen LogP contribution in [-0.2, 0) is 19.4 Å². The average molecular weight is 454 g/mol. The van der Waals surface area contributed by atoms with Crippen molar-refractivity contribution in [2.24, 2.45) is 0 Å². The summed E-state index contributed by atoms with van der Waals surface area (Å²) in [5.74, 6) is 2.31. The molecule has 9 heteroatoms. The standard InChI is InChI=1S/C21H31N3O4S2/c25-20(22-16-21(6-13-29-17-21)24-7-11-28-12-8-24)19(18-4-2-1-3-5-18)23-9-14-30(26,27)15-10-23/h1-5,19H,6-17H2,(H,22,25). The molecule has 0 radical (unpaired) electrons. The molecular formula is C21H31N3O4S2. The molecule has 1 amide bonds. The van der Waals surface area contributed by atoms with Gasteiger partial charge < -0.3 is 10.1 Å². The van der Waals surface area contributed by atoms with Crippen LogP contribution in [0.1, 0.15) is 18.0 Å². The number of sulfone groups is 1. The zero-order valence-corrected chi connectivity index (χ0v) is 18.9. The first kappa shape index (κ1) is 22.1. The van der Waals surface area contributed by atoms with Crippen LogP contribution >= 0.6 is 11.8 Å². The predicted molar refractivity (Wildman–Crippen MR) is 119 cm³/mol. The van der Waals surface area contributed by atoms with Gasteiger partial charge in [0.15, 0.2) is 9.84 Å². The third-order valence-corrected chi connectivity index (χ3v) is 9.31. The van der Waals surface area contributed by atoms with Gasteiger partial charge in [0.05, 0.1) is 24.7 Å². The highest BCUT2D eigenvalue weighted by molar-refractivity contribution is 7.99. The summed E-state index contributed by atoms with van der Waals surface area (Å²) in [5, 5.41) is 3.25. The number of morpholine rings is 1. The van der Waals surface area contributed by atoms with Crippen molar-refractivity contribution in [3.05, 3.63) is 35.9 Å². The topological polar surface area (TPSA) is 79.0 Å². The highest BCUT2D eigenvalue weighted by Crippen LogP contribution is 2.34. The van der Waals surface area contributed by atoms with Crippen LogP contribution in [0.15, 0.2) is 30.3 Å². The molecule has 3 aliphatic heterocycles. The Morgan fingerprint density at radius 2 is 1.83 bits per heavy atom. The minimum atomic E-state index is -3.00. The number of nitrogens with zero attached hydrogens (tertiary/aromatic N) is 2. The molecule has 7 nitrogen and oxygen atoms in total. The van der Waals surface area contributed by atoms with Crippen molar-refractivity contribution in [1.82, 2.24) is 15.1 Å². The highest BCUT2D eigenvalue weighted by atomic mass is 32.2. The van der Waals surface area contributed by atoms with Crippen molar-refractivity contribution in [2.45, 2.75) is 18.0 Å². The number of amides is 1. The van der Waals surface area contributed by atoms with Crippen LogP contribution in [0.3, 0.4) is 0 Å². The summed E-state index contributed by atoms with van der Waals surface area (Å²) in [4.78, 5) is 17.9. The van der Waals surface area contributed by atoms with E-state index in [1.165, 1.54) is 0 Å². The normalized spacial score (nSPS) is 28.8. The molecule has 0 aromatic heterocycles. The van der Waals surface area contributed by atoms with Gasteiger partial charge in [-0.15, -0.1) is 0 Å². The fraction of sp³-hybridized carbons (Fsp3) is 0.667. The fourth-order valence-electron chi connectivity index (χ4n) is 4.63. The molecule has 3 heterocycles. The lowest BCUT2D eigenvalue weighted by Gasteiger charge is -2.43. The van der Waals surface area contributed by atoms with Crippen LogP contribution in [0.2, 0.25) is 0 Å². The first-order valence-corrected chi connectivity index (χ1v) is 13.6. The fourth-order valence-corrected chi connectivity index (χ4v) is 7.34. The summed E-state index contributed by atoms with van der Waals surface area (Å²) in [6.45, 7) is 4.70. The van der Waals surface area contributed by atoms with Gasteiger partial charge in [0.25, 0.3) is 0 Å². The molecule has 30 heavy (non-hydrogen) atoms. The van der Waals surface area contributed by atoms with Gasteiger partial charge in [0, 0.05) is 44.0 Å². The van der Waals surface area contributed by atoms with Crippen molar-refractivity contribution in [1.29, 1.82) is 0 Å². The predicted octanol–water partition coefficient (Wildman–Crippen LogP) is 0.782. The lowest BCUT2D eigenvalue weighted by atomic mass is 9.95. The van der Waals surface area contributed by atoms with Crippen molar-refractivity contribution >= 4 is 27.5 Å². The second-order valence-electron chi connectivity index (χ2n) is 8.35. The molecular weight excluding hydrogens is 422 g/mol. The van der Waals surface area contributed by atoms with Gasteiger partial charge in [-0.05, 0) is 17.7 Å². The second-order valence-corrected chi connectivity index (χ2v) is 11.8. The molecule has 0 spiro atoms. The van der Waals surface area contributed by atoms with E-state index in [1.54, 1.807) is 0 Å². The molecule has 166 valence electrons. The summed E-state index contributed by atoms with van der Waals surface area (Å²) in [6, 6.07) is 9.24.